The first kappa shape index (κ1) is 32.4. The fourth-order valence-corrected chi connectivity index (χ4v) is 8.76. The number of ether oxygens (including phenoxy) is 1. The highest BCUT2D eigenvalue weighted by atomic mass is 32.2. The number of aliphatic carboxylic acids is 1. The maximum absolute atomic E-state index is 13.9. The van der Waals surface area contributed by atoms with Crippen molar-refractivity contribution in [2.75, 3.05) is 36.9 Å². The molecule has 1 unspecified atom stereocenters. The van der Waals surface area contributed by atoms with E-state index in [0.717, 1.165) is 10.1 Å². The second kappa shape index (κ2) is 15.2. The van der Waals surface area contributed by atoms with Gasteiger partial charge in [0.25, 0.3) is 5.91 Å². The smallest absolute Gasteiger partial charge is 0.410 e. The molecule has 3 atom stereocenters. The second-order valence-electron chi connectivity index (χ2n) is 9.14. The van der Waals surface area contributed by atoms with Crippen LogP contribution < -0.4 is 5.32 Å². The zero-order valence-corrected chi connectivity index (χ0v) is 26.5. The van der Waals surface area contributed by atoms with Crippen LogP contribution >= 0.6 is 47.2 Å². The maximum atomic E-state index is 13.9. The average Bonchev–Trinajstić information content (AvgIpc) is 3.56. The van der Waals surface area contributed by atoms with Crippen LogP contribution in [0.1, 0.15) is 38.2 Å². The van der Waals surface area contributed by atoms with E-state index < -0.39 is 24.1 Å². The lowest BCUT2D eigenvalue weighted by Crippen LogP contribution is -2.50. The number of benzene rings is 1. The Kier molecular flexibility index (Phi) is 12.3. The number of carbonyl (C=O) groups excluding carboxylic acids is 3. The minimum Gasteiger partial charge on any atom is -0.480 e. The van der Waals surface area contributed by atoms with Gasteiger partial charge < -0.3 is 20.0 Å². The third-order valence-corrected chi connectivity index (χ3v) is 10.2. The van der Waals surface area contributed by atoms with Crippen molar-refractivity contribution in [3.63, 3.8) is 0 Å². The fraction of sp³-hybridized carbons (Fsp3) is 0.538. The van der Waals surface area contributed by atoms with Gasteiger partial charge in [-0.3, -0.25) is 18.9 Å². The van der Waals surface area contributed by atoms with Crippen LogP contribution in [0.2, 0.25) is 0 Å². The van der Waals surface area contributed by atoms with E-state index in [1.165, 1.54) is 23.6 Å². The Labute approximate surface area is 252 Å². The largest absolute Gasteiger partial charge is 0.480 e. The number of thioether (sulfide) groups is 3. The van der Waals surface area contributed by atoms with Gasteiger partial charge in [-0.05, 0) is 51.0 Å². The lowest BCUT2D eigenvalue weighted by molar-refractivity contribution is -0.138. The van der Waals surface area contributed by atoms with E-state index in [9.17, 15) is 24.3 Å². The van der Waals surface area contributed by atoms with Gasteiger partial charge >= 0.3 is 12.1 Å². The molecule has 2 heterocycles. The highest BCUT2D eigenvalue weighted by Crippen LogP contribution is 2.47. The molecule has 3 rings (SSSR count). The topological polar surface area (TPSA) is 119 Å². The van der Waals surface area contributed by atoms with Crippen LogP contribution in [0, 0.1) is 0 Å². The third kappa shape index (κ3) is 7.37. The number of carboxylic acids is 1. The summed E-state index contributed by atoms with van der Waals surface area (Å²) in [6.45, 7) is 1.74. The van der Waals surface area contributed by atoms with Crippen LogP contribution in [0.15, 0.2) is 34.3 Å². The maximum Gasteiger partial charge on any atom is 0.410 e. The predicted octanol–water partition coefficient (Wildman–Crippen LogP) is 4.94. The van der Waals surface area contributed by atoms with Gasteiger partial charge in [0.05, 0.1) is 0 Å². The minimum absolute atomic E-state index is 0.0891. The van der Waals surface area contributed by atoms with Gasteiger partial charge in [0.15, 0.2) is 5.50 Å². The number of hydrogen-bond donors (Lipinski definition) is 2. The number of para-hydroxylation sites is 1. The summed E-state index contributed by atoms with van der Waals surface area (Å²) in [4.78, 5) is 53.6. The first-order valence-corrected chi connectivity index (χ1v) is 17.6. The predicted molar refractivity (Wildman–Crippen MR) is 165 cm³/mol. The first-order chi connectivity index (χ1) is 19.2. The number of carboxylic acid groups (broad SMARTS) is 1. The second-order valence-corrected chi connectivity index (χ2v) is 12.4. The van der Waals surface area contributed by atoms with Crippen LogP contribution in [0.4, 0.5) is 10.5 Å². The number of hydrogen-bond acceptors (Lipinski definition) is 11. The fourth-order valence-electron chi connectivity index (χ4n) is 4.65. The van der Waals surface area contributed by atoms with Gasteiger partial charge in [0, 0.05) is 30.5 Å². The highest BCUT2D eigenvalue weighted by molar-refractivity contribution is 8.07. The lowest BCUT2D eigenvalue weighted by Gasteiger charge is -2.33. The van der Waals surface area contributed by atoms with Crippen molar-refractivity contribution < 1.29 is 29.0 Å². The van der Waals surface area contributed by atoms with Crippen molar-refractivity contribution in [1.29, 1.82) is 0 Å². The molecule has 1 saturated heterocycles. The van der Waals surface area contributed by atoms with Crippen LogP contribution in [0.3, 0.4) is 0 Å². The van der Waals surface area contributed by atoms with E-state index in [4.69, 9.17) is 4.74 Å². The van der Waals surface area contributed by atoms with Crippen molar-refractivity contribution in [1.82, 2.24) is 14.1 Å². The molecule has 14 heteroatoms. The van der Waals surface area contributed by atoms with E-state index in [1.54, 1.807) is 64.6 Å². The number of nitrogens with one attached hydrogen (secondary N) is 1. The van der Waals surface area contributed by atoms with E-state index in [0.29, 0.717) is 30.6 Å². The SMILES string of the molecule is CSC1=C(SC)N(C(=O)[C@@H]2CCCN2C(=O)OCc2ccccc2N[C@@H](CCC(C)=O)C(=O)O)C(SC)N1SC. The van der Waals surface area contributed by atoms with Crippen LogP contribution in [0.5, 0.6) is 0 Å². The third-order valence-electron chi connectivity index (χ3n) is 6.61. The molecule has 0 radical (unpaired) electrons. The summed E-state index contributed by atoms with van der Waals surface area (Å²) in [6.07, 6.45) is 8.84. The minimum atomic E-state index is -1.07. The Hall–Kier alpha value is -2.16. The monoisotopic (exact) mass is 628 g/mol. The van der Waals surface area contributed by atoms with E-state index >= 15 is 0 Å². The van der Waals surface area contributed by atoms with Gasteiger partial charge in [0.2, 0.25) is 0 Å². The molecule has 0 saturated carbocycles. The number of likely N-dealkylation sites (tertiary alicyclic amines) is 1. The molecule has 0 aromatic heterocycles. The highest BCUT2D eigenvalue weighted by Gasteiger charge is 2.46. The Balaban J connectivity index is 1.73. The molecule has 2 aliphatic rings. The molecule has 1 aromatic rings. The Morgan fingerprint density at radius 3 is 2.40 bits per heavy atom. The summed E-state index contributed by atoms with van der Waals surface area (Å²) in [5.41, 5.74) is 0.896. The van der Waals surface area contributed by atoms with Crippen molar-refractivity contribution in [3.8, 4) is 0 Å². The van der Waals surface area contributed by atoms with Crippen molar-refractivity contribution in [2.24, 2.45) is 0 Å². The average molecular weight is 629 g/mol. The Morgan fingerprint density at radius 1 is 1.10 bits per heavy atom. The molecule has 2 amide bonds. The van der Waals surface area contributed by atoms with E-state index in [1.807, 2.05) is 25.0 Å². The molecule has 0 spiro atoms. The van der Waals surface area contributed by atoms with Crippen LogP contribution in [0.25, 0.3) is 0 Å². The number of ketones is 1. The van der Waals surface area contributed by atoms with Crippen LogP contribution in [-0.2, 0) is 25.7 Å². The first-order valence-electron chi connectivity index (χ1n) is 12.7. The summed E-state index contributed by atoms with van der Waals surface area (Å²) < 4.78 is 7.79. The number of carbonyl (C=O) groups is 4. The van der Waals surface area contributed by atoms with Gasteiger partial charge in [-0.15, -0.1) is 35.3 Å². The molecule has 10 nitrogen and oxygen atoms in total. The number of Topliss-reactive ketones (excluding diaryl/α,β-unsaturated/α-hetero) is 1. The Bertz CT molecular complexity index is 1140. The van der Waals surface area contributed by atoms with E-state index in [-0.39, 0.29) is 36.6 Å². The standard InChI is InChI=1S/C26H36N4O6S4/c1-16(31)12-13-19(24(33)34)27-18-10-7-6-9-17(18)15-36-26(35)28-14-8-11-20(28)21(32)29-22(37-2)23(38-3)30(40-5)25(29)39-4/h6-7,9-10,19-20,25,27H,8,11-15H2,1-5H3,(H,33,34)/t19-,20-,25?/m0/s1. The number of nitrogens with zero attached hydrogens (tertiary/aromatic N) is 3. The van der Waals surface area contributed by atoms with Crippen LogP contribution in [-0.4, -0.2) is 92.1 Å². The summed E-state index contributed by atoms with van der Waals surface area (Å²) in [5, 5.41) is 14.5. The van der Waals surface area contributed by atoms with Gasteiger partial charge in [-0.25, -0.2) is 9.59 Å². The summed E-state index contributed by atoms with van der Waals surface area (Å²) in [6, 6.07) is 5.39. The van der Waals surface area contributed by atoms with Crippen molar-refractivity contribution >= 4 is 76.7 Å². The summed E-state index contributed by atoms with van der Waals surface area (Å²) >= 11 is 6.25. The quantitative estimate of drug-likeness (QED) is 0.288. The van der Waals surface area contributed by atoms with Crippen molar-refractivity contribution in [3.05, 3.63) is 39.9 Å². The summed E-state index contributed by atoms with van der Waals surface area (Å²) in [7, 11) is 0. The molecular weight excluding hydrogens is 593 g/mol. The molecular formula is C26H36N4O6S4. The zero-order valence-electron chi connectivity index (χ0n) is 23.2. The number of anilines is 1. The molecule has 1 fully saturated rings. The molecule has 0 aliphatic carbocycles. The number of rotatable bonds is 13. The van der Waals surface area contributed by atoms with Gasteiger partial charge in [0.1, 0.15) is 34.5 Å². The molecule has 2 aliphatic heterocycles. The zero-order chi connectivity index (χ0) is 29.4. The van der Waals surface area contributed by atoms with Gasteiger partial charge in [-0.2, -0.15) is 0 Å². The molecule has 2 N–H and O–H groups in total. The number of amides is 2. The lowest BCUT2D eigenvalue weighted by atomic mass is 10.1. The molecule has 0 bridgehead atoms. The normalized spacial score (nSPS) is 19.7. The van der Waals surface area contributed by atoms with Gasteiger partial charge in [-0.1, -0.05) is 30.1 Å². The van der Waals surface area contributed by atoms with Crippen molar-refractivity contribution in [2.45, 2.75) is 56.8 Å². The summed E-state index contributed by atoms with van der Waals surface area (Å²) in [5.74, 6) is -1.29. The molecule has 220 valence electrons. The van der Waals surface area contributed by atoms with E-state index in [2.05, 4.69) is 9.62 Å². The molecule has 40 heavy (non-hydrogen) atoms. The molecule has 1 aromatic carbocycles. The Morgan fingerprint density at radius 2 is 1.80 bits per heavy atom.